The highest BCUT2D eigenvalue weighted by Gasteiger charge is 2.23. The number of fused-ring (bicyclic) bond motifs is 1. The van der Waals surface area contributed by atoms with Gasteiger partial charge in [-0.15, -0.1) is 0 Å². The Bertz CT molecular complexity index is 1010. The number of likely N-dealkylation sites (N-methyl/N-ethyl adjacent to an activating group) is 1. The Morgan fingerprint density at radius 3 is 2.38 bits per heavy atom. The van der Waals surface area contributed by atoms with Crippen LogP contribution in [0.2, 0.25) is 0 Å². The molecular weight excluding hydrogens is 368 g/mol. The maximum absolute atomic E-state index is 12.4. The summed E-state index contributed by atoms with van der Waals surface area (Å²) in [7, 11) is 7.36. The lowest BCUT2D eigenvalue weighted by atomic mass is 9.99. The Morgan fingerprint density at radius 2 is 1.76 bits per heavy atom. The van der Waals surface area contributed by atoms with Crippen molar-refractivity contribution < 1.29 is 9.47 Å². The van der Waals surface area contributed by atoms with Gasteiger partial charge >= 0.3 is 0 Å². The van der Waals surface area contributed by atoms with Crippen molar-refractivity contribution in [2.75, 3.05) is 33.3 Å². The zero-order valence-electron chi connectivity index (χ0n) is 17.5. The summed E-state index contributed by atoms with van der Waals surface area (Å²) in [6, 6.07) is 15.7. The van der Waals surface area contributed by atoms with E-state index in [1.165, 1.54) is 4.68 Å². The third-order valence-corrected chi connectivity index (χ3v) is 4.92. The molecule has 0 radical (unpaired) electrons. The molecular formula is C22H28N4O3. The fourth-order valence-corrected chi connectivity index (χ4v) is 3.62. The van der Waals surface area contributed by atoms with Crippen molar-refractivity contribution in [3.8, 4) is 5.75 Å². The number of benzene rings is 2. The van der Waals surface area contributed by atoms with Gasteiger partial charge in [-0.2, -0.15) is 5.10 Å². The van der Waals surface area contributed by atoms with Gasteiger partial charge in [0.25, 0.3) is 5.56 Å². The largest absolute Gasteiger partial charge is 0.468 e. The summed E-state index contributed by atoms with van der Waals surface area (Å²) in [4.78, 5) is 14.5. The molecule has 29 heavy (non-hydrogen) atoms. The van der Waals surface area contributed by atoms with E-state index in [0.717, 1.165) is 16.7 Å². The van der Waals surface area contributed by atoms with Crippen LogP contribution in [0.3, 0.4) is 0 Å². The Kier molecular flexibility index (Phi) is 6.51. The highest BCUT2D eigenvalue weighted by Crippen LogP contribution is 2.27. The molecule has 0 saturated heterocycles. The van der Waals surface area contributed by atoms with Gasteiger partial charge in [0.05, 0.1) is 11.4 Å². The number of methoxy groups -OCH3 is 1. The van der Waals surface area contributed by atoms with Gasteiger partial charge in [0.15, 0.2) is 12.6 Å². The molecule has 3 rings (SSSR count). The van der Waals surface area contributed by atoms with Gasteiger partial charge in [0.1, 0.15) is 5.75 Å². The lowest BCUT2D eigenvalue weighted by Gasteiger charge is -2.31. The molecule has 7 heteroatoms. The molecule has 2 unspecified atom stereocenters. The lowest BCUT2D eigenvalue weighted by molar-refractivity contribution is 0.0511. The van der Waals surface area contributed by atoms with Crippen LogP contribution in [-0.2, 0) is 11.8 Å². The Morgan fingerprint density at radius 1 is 1.10 bits per heavy atom. The van der Waals surface area contributed by atoms with Crippen LogP contribution >= 0.6 is 0 Å². The van der Waals surface area contributed by atoms with Crippen LogP contribution in [0.15, 0.2) is 53.3 Å². The number of hydrogen-bond acceptors (Lipinski definition) is 6. The van der Waals surface area contributed by atoms with E-state index in [4.69, 9.17) is 9.47 Å². The van der Waals surface area contributed by atoms with Crippen molar-refractivity contribution in [2.24, 2.45) is 7.05 Å². The number of nitrogens with zero attached hydrogens (tertiary/aromatic N) is 3. The minimum atomic E-state index is -0.102. The molecule has 1 heterocycles. The second kappa shape index (κ2) is 9.07. The second-order valence-corrected chi connectivity index (χ2v) is 7.28. The summed E-state index contributed by atoms with van der Waals surface area (Å²) in [5, 5.41) is 9.46. The summed E-state index contributed by atoms with van der Waals surface area (Å²) in [5.41, 5.74) is 1.04. The zero-order chi connectivity index (χ0) is 21.0. The molecule has 0 aliphatic heterocycles. The average molecular weight is 396 g/mol. The van der Waals surface area contributed by atoms with Gasteiger partial charge in [0, 0.05) is 25.6 Å². The second-order valence-electron chi connectivity index (χ2n) is 7.28. The molecule has 0 aliphatic rings. The maximum Gasteiger partial charge on any atom is 0.274 e. The van der Waals surface area contributed by atoms with E-state index in [0.29, 0.717) is 11.2 Å². The lowest BCUT2D eigenvalue weighted by Crippen LogP contribution is -2.35. The normalized spacial score (nSPS) is 13.4. The molecule has 0 spiro atoms. The van der Waals surface area contributed by atoms with E-state index in [1.807, 2.05) is 50.5 Å². The molecule has 154 valence electrons. The molecule has 2 aromatic carbocycles. The maximum atomic E-state index is 12.4. The SMILES string of the molecule is COCOc1ccc(C(C(C)Nc2nn(C)c(=O)c3ccccc23)N(C)C)cc1. The van der Waals surface area contributed by atoms with E-state index < -0.39 is 0 Å². The van der Waals surface area contributed by atoms with Gasteiger partial charge in [0.2, 0.25) is 0 Å². The Balaban J connectivity index is 1.89. The first kappa shape index (κ1) is 20.8. The van der Waals surface area contributed by atoms with Crippen LogP contribution in [0.25, 0.3) is 10.8 Å². The van der Waals surface area contributed by atoms with Crippen molar-refractivity contribution in [1.82, 2.24) is 14.7 Å². The van der Waals surface area contributed by atoms with E-state index in [1.54, 1.807) is 14.2 Å². The van der Waals surface area contributed by atoms with Gasteiger partial charge < -0.3 is 19.7 Å². The number of anilines is 1. The van der Waals surface area contributed by atoms with Crippen molar-refractivity contribution in [3.63, 3.8) is 0 Å². The number of rotatable bonds is 8. The van der Waals surface area contributed by atoms with Crippen molar-refractivity contribution >= 4 is 16.6 Å². The number of aryl methyl sites for hydroxylation is 1. The summed E-state index contributed by atoms with van der Waals surface area (Å²) < 4.78 is 11.8. The molecule has 0 fully saturated rings. The van der Waals surface area contributed by atoms with Gasteiger partial charge in [-0.05, 0) is 44.8 Å². The number of nitrogens with one attached hydrogen (secondary N) is 1. The summed E-state index contributed by atoms with van der Waals surface area (Å²) in [6.45, 7) is 2.33. The predicted molar refractivity (Wildman–Crippen MR) is 115 cm³/mol. The van der Waals surface area contributed by atoms with Crippen LogP contribution < -0.4 is 15.6 Å². The first-order valence-electron chi connectivity index (χ1n) is 9.53. The number of hydrogen-bond donors (Lipinski definition) is 1. The van der Waals surface area contributed by atoms with Crippen molar-refractivity contribution in [3.05, 3.63) is 64.4 Å². The van der Waals surface area contributed by atoms with Crippen molar-refractivity contribution in [1.29, 1.82) is 0 Å². The number of aromatic nitrogens is 2. The average Bonchev–Trinajstić information content (AvgIpc) is 2.71. The third kappa shape index (κ3) is 4.58. The van der Waals surface area contributed by atoms with Gasteiger partial charge in [-0.1, -0.05) is 30.3 Å². The quantitative estimate of drug-likeness (QED) is 0.591. The van der Waals surface area contributed by atoms with Gasteiger partial charge in [-0.25, -0.2) is 4.68 Å². The molecule has 1 aromatic heterocycles. The molecule has 0 bridgehead atoms. The Labute approximate surface area is 170 Å². The highest BCUT2D eigenvalue weighted by atomic mass is 16.7. The molecule has 7 nitrogen and oxygen atoms in total. The molecule has 0 aliphatic carbocycles. The van der Waals surface area contributed by atoms with Crippen LogP contribution in [0.1, 0.15) is 18.5 Å². The van der Waals surface area contributed by atoms with Crippen LogP contribution in [0.4, 0.5) is 5.82 Å². The summed E-state index contributed by atoms with van der Waals surface area (Å²) in [6.07, 6.45) is 0. The van der Waals surface area contributed by atoms with E-state index in [2.05, 4.69) is 34.4 Å². The van der Waals surface area contributed by atoms with E-state index >= 15 is 0 Å². The van der Waals surface area contributed by atoms with Crippen molar-refractivity contribution in [2.45, 2.75) is 19.0 Å². The molecule has 0 amide bonds. The molecule has 1 N–H and O–H groups in total. The molecule has 0 saturated carbocycles. The number of ether oxygens (including phenoxy) is 2. The smallest absolute Gasteiger partial charge is 0.274 e. The standard InChI is InChI=1S/C22H28N4O3/c1-15(20(25(2)3)16-10-12-17(13-11-16)29-14-28-5)23-21-18-8-6-7-9-19(18)22(27)26(4)24-21/h6-13,15,20H,14H2,1-5H3,(H,23,24). The summed E-state index contributed by atoms with van der Waals surface area (Å²) >= 11 is 0. The van der Waals surface area contributed by atoms with E-state index in [-0.39, 0.29) is 24.4 Å². The minimum Gasteiger partial charge on any atom is -0.468 e. The van der Waals surface area contributed by atoms with Crippen LogP contribution in [0.5, 0.6) is 5.75 Å². The van der Waals surface area contributed by atoms with Gasteiger partial charge in [-0.3, -0.25) is 4.79 Å². The zero-order valence-corrected chi connectivity index (χ0v) is 17.5. The van der Waals surface area contributed by atoms with Crippen LogP contribution in [0, 0.1) is 0 Å². The van der Waals surface area contributed by atoms with E-state index in [9.17, 15) is 4.79 Å². The van der Waals surface area contributed by atoms with Crippen LogP contribution in [-0.4, -0.2) is 48.7 Å². The Hall–Kier alpha value is -2.90. The first-order chi connectivity index (χ1) is 13.9. The fraction of sp³-hybridized carbons (Fsp3) is 0.364. The fourth-order valence-electron chi connectivity index (χ4n) is 3.62. The topological polar surface area (TPSA) is 68.6 Å². The monoisotopic (exact) mass is 396 g/mol. The molecule has 2 atom stereocenters. The highest BCUT2D eigenvalue weighted by molar-refractivity contribution is 5.90. The predicted octanol–water partition coefficient (Wildman–Crippen LogP) is 3.02. The third-order valence-electron chi connectivity index (χ3n) is 4.92. The first-order valence-corrected chi connectivity index (χ1v) is 9.53. The summed E-state index contributed by atoms with van der Waals surface area (Å²) in [5.74, 6) is 1.46. The molecule has 3 aromatic rings. The minimum absolute atomic E-state index is 0.0316.